The second kappa shape index (κ2) is 7.86. The van der Waals surface area contributed by atoms with Crippen LogP contribution in [0, 0.1) is 10.1 Å². The summed E-state index contributed by atoms with van der Waals surface area (Å²) >= 11 is 0. The van der Waals surface area contributed by atoms with Crippen LogP contribution in [0.1, 0.15) is 23.7 Å². The zero-order chi connectivity index (χ0) is 18.4. The Hall–Kier alpha value is -2.78. The van der Waals surface area contributed by atoms with Gasteiger partial charge in [-0.1, -0.05) is 6.92 Å². The molecule has 0 fully saturated rings. The quantitative estimate of drug-likeness (QED) is 0.579. The van der Waals surface area contributed by atoms with Crippen molar-refractivity contribution in [1.29, 1.82) is 0 Å². The zero-order valence-electron chi connectivity index (χ0n) is 13.4. The number of anilines is 1. The fourth-order valence-corrected chi connectivity index (χ4v) is 3.11. The van der Waals surface area contributed by atoms with Crippen molar-refractivity contribution >= 4 is 27.3 Å². The topological polar surface area (TPSA) is 118 Å². The van der Waals surface area contributed by atoms with Crippen LogP contribution in [0.4, 0.5) is 11.4 Å². The molecule has 0 aliphatic carbocycles. The van der Waals surface area contributed by atoms with Crippen LogP contribution >= 0.6 is 0 Å². The van der Waals surface area contributed by atoms with E-state index in [1.807, 2.05) is 6.92 Å². The van der Waals surface area contributed by atoms with Gasteiger partial charge in [-0.05, 0) is 42.8 Å². The minimum atomic E-state index is -3.56. The molecule has 0 heterocycles. The van der Waals surface area contributed by atoms with Gasteiger partial charge in [-0.25, -0.2) is 13.1 Å². The van der Waals surface area contributed by atoms with Crippen molar-refractivity contribution in [2.24, 2.45) is 0 Å². The molecular formula is C16H17N3O5S. The van der Waals surface area contributed by atoms with Crippen molar-refractivity contribution in [2.45, 2.75) is 18.2 Å². The normalized spacial score (nSPS) is 11.1. The molecule has 8 nitrogen and oxygen atoms in total. The summed E-state index contributed by atoms with van der Waals surface area (Å²) in [5.41, 5.74) is 0.565. The van der Waals surface area contributed by atoms with Crippen LogP contribution in [0.2, 0.25) is 0 Å². The second-order valence-electron chi connectivity index (χ2n) is 5.18. The average molecular weight is 363 g/mol. The van der Waals surface area contributed by atoms with E-state index in [9.17, 15) is 23.3 Å². The van der Waals surface area contributed by atoms with E-state index >= 15 is 0 Å². The number of nitro benzene ring substituents is 1. The highest BCUT2D eigenvalue weighted by atomic mass is 32.2. The minimum Gasteiger partial charge on any atom is -0.322 e. The van der Waals surface area contributed by atoms with E-state index in [0.717, 1.165) is 0 Å². The Balaban J connectivity index is 2.08. The molecule has 0 unspecified atom stereocenters. The first-order chi connectivity index (χ1) is 11.8. The lowest BCUT2D eigenvalue weighted by atomic mass is 10.2. The number of nitrogens with zero attached hydrogens (tertiary/aromatic N) is 1. The van der Waals surface area contributed by atoms with Crippen molar-refractivity contribution in [3.8, 4) is 0 Å². The van der Waals surface area contributed by atoms with Crippen molar-refractivity contribution in [2.75, 3.05) is 11.9 Å². The SMILES string of the molecule is CCCNS(=O)(=O)c1ccc(NC(=O)c2ccc([N+](=O)[O-])cc2)cc1. The van der Waals surface area contributed by atoms with Crippen LogP contribution < -0.4 is 10.0 Å². The third-order valence-corrected chi connectivity index (χ3v) is 4.78. The lowest BCUT2D eigenvalue weighted by molar-refractivity contribution is -0.384. The summed E-state index contributed by atoms with van der Waals surface area (Å²) in [7, 11) is -3.56. The number of nitro groups is 1. The number of rotatable bonds is 7. The molecule has 0 aliphatic rings. The van der Waals surface area contributed by atoms with Crippen LogP contribution in [0.3, 0.4) is 0 Å². The number of carbonyl (C=O) groups excluding carboxylic acids is 1. The number of benzene rings is 2. The first-order valence-electron chi connectivity index (χ1n) is 7.49. The molecule has 25 heavy (non-hydrogen) atoms. The van der Waals surface area contributed by atoms with E-state index in [4.69, 9.17) is 0 Å². The van der Waals surface area contributed by atoms with Gasteiger partial charge in [0.15, 0.2) is 0 Å². The van der Waals surface area contributed by atoms with Crippen molar-refractivity contribution in [3.05, 3.63) is 64.2 Å². The highest BCUT2D eigenvalue weighted by Crippen LogP contribution is 2.16. The first kappa shape index (κ1) is 18.6. The third-order valence-electron chi connectivity index (χ3n) is 3.30. The lowest BCUT2D eigenvalue weighted by Crippen LogP contribution is -2.24. The molecule has 132 valence electrons. The Bertz CT molecular complexity index is 862. The number of carbonyl (C=O) groups is 1. The molecule has 0 saturated carbocycles. The minimum absolute atomic E-state index is 0.106. The monoisotopic (exact) mass is 363 g/mol. The summed E-state index contributed by atoms with van der Waals surface area (Å²) in [5, 5.41) is 13.2. The van der Waals surface area contributed by atoms with E-state index in [1.165, 1.54) is 48.5 Å². The Kier molecular flexibility index (Phi) is 5.84. The van der Waals surface area contributed by atoms with Crippen LogP contribution in [0.15, 0.2) is 53.4 Å². The number of hydrogen-bond acceptors (Lipinski definition) is 5. The molecule has 0 aromatic heterocycles. The number of non-ortho nitro benzene ring substituents is 1. The van der Waals surface area contributed by atoms with Crippen molar-refractivity contribution in [3.63, 3.8) is 0 Å². The van der Waals surface area contributed by atoms with Crippen LogP contribution in [0.25, 0.3) is 0 Å². The molecule has 2 rings (SSSR count). The number of hydrogen-bond donors (Lipinski definition) is 2. The summed E-state index contributed by atoms with van der Waals surface area (Å²) in [6, 6.07) is 10.9. The number of nitrogens with one attached hydrogen (secondary N) is 2. The summed E-state index contributed by atoms with van der Waals surface area (Å²) in [6.07, 6.45) is 0.683. The number of amides is 1. The number of sulfonamides is 1. The van der Waals surface area contributed by atoms with Gasteiger partial charge in [-0.2, -0.15) is 0 Å². The first-order valence-corrected chi connectivity index (χ1v) is 8.97. The molecule has 0 atom stereocenters. The van der Waals surface area contributed by atoms with Gasteiger partial charge in [0.05, 0.1) is 9.82 Å². The summed E-state index contributed by atoms with van der Waals surface area (Å²) in [4.78, 5) is 22.3. The summed E-state index contributed by atoms with van der Waals surface area (Å²) in [5.74, 6) is -0.449. The van der Waals surface area contributed by atoms with Crippen LogP contribution in [-0.2, 0) is 10.0 Å². The van der Waals surface area contributed by atoms with E-state index < -0.39 is 20.9 Å². The smallest absolute Gasteiger partial charge is 0.269 e. The molecule has 0 aliphatic heterocycles. The lowest BCUT2D eigenvalue weighted by Gasteiger charge is -2.08. The highest BCUT2D eigenvalue weighted by Gasteiger charge is 2.14. The predicted molar refractivity (Wildman–Crippen MR) is 93.0 cm³/mol. The largest absolute Gasteiger partial charge is 0.322 e. The molecule has 0 spiro atoms. The molecule has 9 heteroatoms. The second-order valence-corrected chi connectivity index (χ2v) is 6.95. The van der Waals surface area contributed by atoms with Crippen molar-refractivity contribution in [1.82, 2.24) is 4.72 Å². The maximum Gasteiger partial charge on any atom is 0.269 e. The summed E-state index contributed by atoms with van der Waals surface area (Å²) in [6.45, 7) is 2.21. The molecule has 0 bridgehead atoms. The molecule has 2 N–H and O–H groups in total. The molecule has 0 saturated heterocycles. The Morgan fingerprint density at radius 1 is 1.08 bits per heavy atom. The maximum atomic E-state index is 12.1. The van der Waals surface area contributed by atoms with E-state index in [2.05, 4.69) is 10.0 Å². The van der Waals surface area contributed by atoms with Gasteiger partial charge in [0.1, 0.15) is 0 Å². The van der Waals surface area contributed by atoms with Crippen molar-refractivity contribution < 1.29 is 18.1 Å². The van der Waals surface area contributed by atoms with Gasteiger partial charge in [0.2, 0.25) is 10.0 Å². The molecule has 1 amide bonds. The fraction of sp³-hybridized carbons (Fsp3) is 0.188. The van der Waals surface area contributed by atoms with Gasteiger partial charge in [0, 0.05) is 29.9 Å². The third kappa shape index (κ3) is 4.85. The zero-order valence-corrected chi connectivity index (χ0v) is 14.2. The van der Waals surface area contributed by atoms with E-state index in [-0.39, 0.29) is 16.1 Å². The molecular weight excluding hydrogens is 346 g/mol. The standard InChI is InChI=1S/C16H17N3O5S/c1-2-11-17-25(23,24)15-9-5-13(6-10-15)18-16(20)12-3-7-14(8-4-12)19(21)22/h3-10,17H,2,11H2,1H3,(H,18,20). The van der Waals surface area contributed by atoms with Gasteiger partial charge >= 0.3 is 0 Å². The van der Waals surface area contributed by atoms with Gasteiger partial charge < -0.3 is 5.32 Å². The Morgan fingerprint density at radius 2 is 1.68 bits per heavy atom. The van der Waals surface area contributed by atoms with E-state index in [1.54, 1.807) is 0 Å². The Labute approximate surface area is 145 Å². The Morgan fingerprint density at radius 3 is 2.20 bits per heavy atom. The van der Waals surface area contributed by atoms with Gasteiger partial charge in [-0.15, -0.1) is 0 Å². The molecule has 2 aromatic carbocycles. The van der Waals surface area contributed by atoms with Gasteiger partial charge in [-0.3, -0.25) is 14.9 Å². The van der Waals surface area contributed by atoms with Crippen LogP contribution in [0.5, 0.6) is 0 Å². The molecule has 2 aromatic rings. The van der Waals surface area contributed by atoms with Crippen LogP contribution in [-0.4, -0.2) is 25.8 Å². The maximum absolute atomic E-state index is 12.1. The summed E-state index contributed by atoms with van der Waals surface area (Å²) < 4.78 is 26.4. The van der Waals surface area contributed by atoms with Gasteiger partial charge in [0.25, 0.3) is 11.6 Å². The average Bonchev–Trinajstić information content (AvgIpc) is 2.60. The highest BCUT2D eigenvalue weighted by molar-refractivity contribution is 7.89. The predicted octanol–water partition coefficient (Wildman–Crippen LogP) is 2.54. The molecule has 0 radical (unpaired) electrons. The van der Waals surface area contributed by atoms with E-state index in [0.29, 0.717) is 18.7 Å². The fourth-order valence-electron chi connectivity index (χ4n) is 1.97.